The van der Waals surface area contributed by atoms with Gasteiger partial charge in [0.2, 0.25) is 5.96 Å². The number of ether oxygens (including phenoxy) is 1. The summed E-state index contributed by atoms with van der Waals surface area (Å²) in [6, 6.07) is 22.3. The standard InChI is InChI=1S/C25H25N5O/c1-25(2,3)28-24-26-20-10-6-5-9-19(20)22-23(29-16-8-7-11-21(29)27-22)30(24)17-12-14-18(31-4)15-13-17/h5-16H,1-4H3,(H,26,28). The molecule has 0 radical (unpaired) electrons. The molecule has 0 spiro atoms. The first kappa shape index (κ1) is 19.2. The van der Waals surface area contributed by atoms with Crippen LogP contribution in [0.25, 0.3) is 16.9 Å². The molecule has 0 saturated heterocycles. The number of anilines is 3. The zero-order valence-corrected chi connectivity index (χ0v) is 18.1. The summed E-state index contributed by atoms with van der Waals surface area (Å²) in [7, 11) is 1.67. The Morgan fingerprint density at radius 2 is 1.68 bits per heavy atom. The van der Waals surface area contributed by atoms with E-state index in [0.29, 0.717) is 0 Å². The van der Waals surface area contributed by atoms with Crippen molar-refractivity contribution >= 4 is 28.8 Å². The second-order valence-electron chi connectivity index (χ2n) is 8.52. The molecule has 2 aromatic carbocycles. The number of methoxy groups -OCH3 is 1. The fourth-order valence-corrected chi connectivity index (χ4v) is 3.82. The summed E-state index contributed by atoms with van der Waals surface area (Å²) in [6.07, 6.45) is 2.04. The van der Waals surface area contributed by atoms with Crippen LogP contribution in [-0.4, -0.2) is 28.0 Å². The summed E-state index contributed by atoms with van der Waals surface area (Å²) in [5.41, 5.74) is 4.50. The Hall–Kier alpha value is -3.80. The minimum atomic E-state index is -0.285. The molecule has 4 aromatic rings. The molecule has 6 heteroatoms. The Kier molecular flexibility index (Phi) is 4.43. The number of pyridine rings is 1. The van der Waals surface area contributed by atoms with Crippen LogP contribution in [0.5, 0.6) is 5.75 Å². The van der Waals surface area contributed by atoms with Crippen molar-refractivity contribution < 1.29 is 4.74 Å². The molecule has 1 N–H and O–H groups in total. The molecule has 3 heterocycles. The molecule has 0 aliphatic carbocycles. The van der Waals surface area contributed by atoms with Gasteiger partial charge in [-0.25, -0.2) is 9.98 Å². The first-order valence-electron chi connectivity index (χ1n) is 10.3. The SMILES string of the molecule is COc1ccc(N2C(=NC(C)(C)C)Nc3ccccc3-c3nc4ccccn4c32)cc1. The summed E-state index contributed by atoms with van der Waals surface area (Å²) in [5, 5.41) is 3.58. The van der Waals surface area contributed by atoms with Gasteiger partial charge in [0.1, 0.15) is 17.1 Å². The second kappa shape index (κ2) is 7.16. The van der Waals surface area contributed by atoms with Gasteiger partial charge in [0.05, 0.1) is 24.0 Å². The minimum absolute atomic E-state index is 0.285. The summed E-state index contributed by atoms with van der Waals surface area (Å²) >= 11 is 0. The number of nitrogens with one attached hydrogen (secondary N) is 1. The quantitative estimate of drug-likeness (QED) is 0.458. The number of aliphatic imine (C=N–C) groups is 1. The fraction of sp³-hybridized carbons (Fsp3) is 0.200. The highest BCUT2D eigenvalue weighted by molar-refractivity contribution is 6.15. The van der Waals surface area contributed by atoms with E-state index >= 15 is 0 Å². The largest absolute Gasteiger partial charge is 0.497 e. The second-order valence-corrected chi connectivity index (χ2v) is 8.52. The Labute approximate surface area is 181 Å². The van der Waals surface area contributed by atoms with Crippen LogP contribution in [0.15, 0.2) is 77.9 Å². The monoisotopic (exact) mass is 411 g/mol. The number of imidazole rings is 1. The van der Waals surface area contributed by atoms with E-state index in [0.717, 1.165) is 45.8 Å². The van der Waals surface area contributed by atoms with Gasteiger partial charge >= 0.3 is 0 Å². The maximum atomic E-state index is 5.38. The minimum Gasteiger partial charge on any atom is -0.497 e. The van der Waals surface area contributed by atoms with Crippen LogP contribution in [0.3, 0.4) is 0 Å². The van der Waals surface area contributed by atoms with Gasteiger partial charge in [-0.2, -0.15) is 0 Å². The number of fused-ring (bicyclic) bond motifs is 5. The van der Waals surface area contributed by atoms with Crippen molar-refractivity contribution in [2.45, 2.75) is 26.3 Å². The summed E-state index contributed by atoms with van der Waals surface area (Å²) < 4.78 is 7.49. The number of aromatic nitrogens is 2. The molecule has 0 fully saturated rings. The molecule has 31 heavy (non-hydrogen) atoms. The first-order chi connectivity index (χ1) is 14.9. The van der Waals surface area contributed by atoms with E-state index in [1.807, 2.05) is 60.8 Å². The number of hydrogen-bond acceptors (Lipinski definition) is 3. The lowest BCUT2D eigenvalue weighted by atomic mass is 10.1. The number of benzene rings is 2. The maximum Gasteiger partial charge on any atom is 0.209 e. The molecule has 1 aliphatic heterocycles. The molecule has 156 valence electrons. The van der Waals surface area contributed by atoms with E-state index in [9.17, 15) is 0 Å². The van der Waals surface area contributed by atoms with Crippen LogP contribution in [0.1, 0.15) is 20.8 Å². The van der Waals surface area contributed by atoms with Crippen LogP contribution >= 0.6 is 0 Å². The van der Waals surface area contributed by atoms with Gasteiger partial charge in [-0.1, -0.05) is 24.3 Å². The molecule has 0 saturated carbocycles. The third-order valence-electron chi connectivity index (χ3n) is 5.13. The molecule has 1 aliphatic rings. The molecule has 5 rings (SSSR count). The smallest absolute Gasteiger partial charge is 0.209 e. The summed E-state index contributed by atoms with van der Waals surface area (Å²) in [4.78, 5) is 12.2. The van der Waals surface area contributed by atoms with Crippen LogP contribution in [-0.2, 0) is 0 Å². The molecular weight excluding hydrogens is 386 g/mol. The Balaban J connectivity index is 1.86. The van der Waals surface area contributed by atoms with Gasteiger partial charge in [0.15, 0.2) is 5.82 Å². The number of para-hydroxylation sites is 1. The summed E-state index contributed by atoms with van der Waals surface area (Å²) in [5.74, 6) is 2.50. The number of hydrogen-bond donors (Lipinski definition) is 1. The Morgan fingerprint density at radius 3 is 2.42 bits per heavy atom. The Morgan fingerprint density at radius 1 is 0.935 bits per heavy atom. The van der Waals surface area contributed by atoms with Crippen LogP contribution in [0.4, 0.5) is 17.2 Å². The molecular formula is C25H25N5O. The number of guanidine groups is 1. The molecule has 0 unspecified atom stereocenters. The molecule has 6 nitrogen and oxygen atoms in total. The third kappa shape index (κ3) is 3.40. The van der Waals surface area contributed by atoms with Gasteiger partial charge in [-0.3, -0.25) is 9.30 Å². The predicted molar refractivity (Wildman–Crippen MR) is 127 cm³/mol. The lowest BCUT2D eigenvalue weighted by Gasteiger charge is -2.27. The van der Waals surface area contributed by atoms with E-state index < -0.39 is 0 Å². The number of rotatable bonds is 2. The van der Waals surface area contributed by atoms with Crippen LogP contribution in [0.2, 0.25) is 0 Å². The average molecular weight is 412 g/mol. The van der Waals surface area contributed by atoms with E-state index in [1.165, 1.54) is 0 Å². The van der Waals surface area contributed by atoms with Crippen molar-refractivity contribution in [1.29, 1.82) is 0 Å². The predicted octanol–water partition coefficient (Wildman–Crippen LogP) is 5.73. The molecule has 0 bridgehead atoms. The molecule has 0 amide bonds. The van der Waals surface area contributed by atoms with E-state index in [1.54, 1.807) is 7.11 Å². The van der Waals surface area contributed by atoms with Gasteiger partial charge in [0.25, 0.3) is 0 Å². The van der Waals surface area contributed by atoms with Gasteiger partial charge < -0.3 is 10.1 Å². The van der Waals surface area contributed by atoms with Gasteiger partial charge in [-0.05, 0) is 63.2 Å². The Bertz CT molecular complexity index is 1280. The van der Waals surface area contributed by atoms with E-state index in [-0.39, 0.29) is 5.54 Å². The molecule has 2 aromatic heterocycles. The zero-order valence-electron chi connectivity index (χ0n) is 18.1. The highest BCUT2D eigenvalue weighted by Gasteiger charge is 2.31. The maximum absolute atomic E-state index is 5.38. The fourth-order valence-electron chi connectivity index (χ4n) is 3.82. The first-order valence-corrected chi connectivity index (χ1v) is 10.3. The van der Waals surface area contributed by atoms with Crippen molar-refractivity contribution in [3.05, 3.63) is 72.9 Å². The lowest BCUT2D eigenvalue weighted by molar-refractivity contribution is 0.415. The highest BCUT2D eigenvalue weighted by atomic mass is 16.5. The van der Waals surface area contributed by atoms with Crippen molar-refractivity contribution in [3.8, 4) is 17.0 Å². The van der Waals surface area contributed by atoms with E-state index in [4.69, 9.17) is 14.7 Å². The number of nitrogens with zero attached hydrogens (tertiary/aromatic N) is 4. The van der Waals surface area contributed by atoms with Crippen LogP contribution in [0, 0.1) is 0 Å². The molecule has 0 atom stereocenters. The normalized spacial score (nSPS) is 14.7. The van der Waals surface area contributed by atoms with E-state index in [2.05, 4.69) is 47.5 Å². The highest BCUT2D eigenvalue weighted by Crippen LogP contribution is 2.42. The van der Waals surface area contributed by atoms with Crippen molar-refractivity contribution in [1.82, 2.24) is 9.38 Å². The average Bonchev–Trinajstić information content (AvgIpc) is 3.07. The topological polar surface area (TPSA) is 54.2 Å². The zero-order chi connectivity index (χ0) is 21.6. The van der Waals surface area contributed by atoms with Gasteiger partial charge in [0, 0.05) is 11.8 Å². The van der Waals surface area contributed by atoms with Crippen molar-refractivity contribution in [2.75, 3.05) is 17.3 Å². The van der Waals surface area contributed by atoms with Crippen LogP contribution < -0.4 is 15.0 Å². The van der Waals surface area contributed by atoms with Gasteiger partial charge in [-0.15, -0.1) is 0 Å². The van der Waals surface area contributed by atoms with Crippen molar-refractivity contribution in [3.63, 3.8) is 0 Å². The summed E-state index contributed by atoms with van der Waals surface area (Å²) in [6.45, 7) is 6.29. The third-order valence-corrected chi connectivity index (χ3v) is 5.13. The lowest BCUT2D eigenvalue weighted by Crippen LogP contribution is -2.35. The van der Waals surface area contributed by atoms with Crippen molar-refractivity contribution in [2.24, 2.45) is 4.99 Å².